The number of hydrogen-bond donors (Lipinski definition) is 2. The van der Waals surface area contributed by atoms with Gasteiger partial charge in [-0.2, -0.15) is 0 Å². The molecule has 5 nitrogen and oxygen atoms in total. The number of carbonyl (C=O) groups is 1. The summed E-state index contributed by atoms with van der Waals surface area (Å²) in [6, 6.07) is 5.09. The third-order valence-electron chi connectivity index (χ3n) is 4.98. The number of nitrogens with one attached hydrogen (secondary N) is 2. The molecule has 1 aliphatic rings. The summed E-state index contributed by atoms with van der Waals surface area (Å²) in [5, 5.41) is 3.61. The molecular weight excluding hydrogens is 365 g/mol. The highest BCUT2D eigenvalue weighted by Gasteiger charge is 2.24. The largest absolute Gasteiger partial charge is 0.465 e. The van der Waals surface area contributed by atoms with Crippen molar-refractivity contribution in [1.29, 1.82) is 0 Å². The van der Waals surface area contributed by atoms with Gasteiger partial charge in [0.2, 0.25) is 0 Å². The fraction of sp³-hybridized carbons (Fsp3) is 0.400. The Bertz CT molecular complexity index is 995. The molecule has 0 saturated heterocycles. The number of aromatic nitrogens is 2. The minimum atomic E-state index is -0.591. The first kappa shape index (κ1) is 18.1. The zero-order chi connectivity index (χ0) is 19.0. The third-order valence-corrected chi connectivity index (χ3v) is 6.28. The number of nitrogens with zero attached hydrogens (tertiary/aromatic N) is 1. The first-order chi connectivity index (χ1) is 13.1. The molecule has 2 N–H and O–H groups in total. The SMILES string of the molecule is CCCCC1NCCc2cc(-c3nc4c(C(=O)OC)cc(F)cc4[nH]3)sc21. The highest BCUT2D eigenvalue weighted by atomic mass is 32.1. The third kappa shape index (κ3) is 3.37. The molecule has 0 bridgehead atoms. The lowest BCUT2D eigenvalue weighted by atomic mass is 9.99. The van der Waals surface area contributed by atoms with Crippen LogP contribution in [0.5, 0.6) is 0 Å². The van der Waals surface area contributed by atoms with Crippen LogP contribution in [0.2, 0.25) is 0 Å². The van der Waals surface area contributed by atoms with Crippen molar-refractivity contribution in [2.75, 3.05) is 13.7 Å². The molecule has 0 fully saturated rings. The number of halogens is 1. The summed E-state index contributed by atoms with van der Waals surface area (Å²) in [6.45, 7) is 3.19. The summed E-state index contributed by atoms with van der Waals surface area (Å²) in [5.41, 5.74) is 2.43. The van der Waals surface area contributed by atoms with Crippen LogP contribution in [-0.4, -0.2) is 29.6 Å². The summed E-state index contributed by atoms with van der Waals surface area (Å²) in [5.74, 6) is -0.423. The van der Waals surface area contributed by atoms with Crippen molar-refractivity contribution >= 4 is 28.3 Å². The van der Waals surface area contributed by atoms with Crippen molar-refractivity contribution in [3.63, 3.8) is 0 Å². The fourth-order valence-corrected chi connectivity index (χ4v) is 4.90. The molecule has 7 heteroatoms. The number of methoxy groups -OCH3 is 1. The van der Waals surface area contributed by atoms with E-state index in [4.69, 9.17) is 4.74 Å². The summed E-state index contributed by atoms with van der Waals surface area (Å²) in [4.78, 5) is 22.1. The first-order valence-corrected chi connectivity index (χ1v) is 10.1. The molecule has 27 heavy (non-hydrogen) atoms. The second kappa shape index (κ2) is 7.40. The molecule has 142 valence electrons. The van der Waals surface area contributed by atoms with Crippen LogP contribution in [-0.2, 0) is 11.2 Å². The van der Waals surface area contributed by atoms with Crippen LogP contribution in [0.1, 0.15) is 53.0 Å². The number of esters is 1. The summed E-state index contributed by atoms with van der Waals surface area (Å²) >= 11 is 1.72. The minimum Gasteiger partial charge on any atom is -0.465 e. The highest BCUT2D eigenvalue weighted by Crippen LogP contribution is 2.38. The van der Waals surface area contributed by atoms with Gasteiger partial charge < -0.3 is 15.0 Å². The van der Waals surface area contributed by atoms with Crippen LogP contribution < -0.4 is 5.32 Å². The van der Waals surface area contributed by atoms with Gasteiger partial charge in [0.15, 0.2) is 0 Å². The second-order valence-electron chi connectivity index (χ2n) is 6.83. The van der Waals surface area contributed by atoms with Gasteiger partial charge in [-0.3, -0.25) is 0 Å². The van der Waals surface area contributed by atoms with Crippen LogP contribution in [0.4, 0.5) is 4.39 Å². The lowest BCUT2D eigenvalue weighted by Crippen LogP contribution is -2.28. The standard InChI is InChI=1S/C20H22FN3O2S/c1-3-4-5-14-18-11(6-7-22-14)8-16(27-18)19-23-15-10-12(21)9-13(17(15)24-19)20(25)26-2/h8-10,14,22H,3-7H2,1-2H3,(H,23,24). The van der Waals surface area contributed by atoms with Gasteiger partial charge in [0.05, 0.1) is 23.1 Å². The van der Waals surface area contributed by atoms with E-state index >= 15 is 0 Å². The van der Waals surface area contributed by atoms with Crippen molar-refractivity contribution in [2.45, 2.75) is 38.6 Å². The van der Waals surface area contributed by atoms with E-state index in [0.717, 1.165) is 24.3 Å². The van der Waals surface area contributed by atoms with Crippen molar-refractivity contribution in [2.24, 2.45) is 0 Å². The number of fused-ring (bicyclic) bond motifs is 2. The summed E-state index contributed by atoms with van der Waals surface area (Å²) in [7, 11) is 1.28. The molecule has 1 aliphatic heterocycles. The number of thiophene rings is 1. The van der Waals surface area contributed by atoms with Gasteiger partial charge in [-0.1, -0.05) is 19.8 Å². The number of imidazole rings is 1. The first-order valence-electron chi connectivity index (χ1n) is 9.24. The minimum absolute atomic E-state index is 0.138. The van der Waals surface area contributed by atoms with E-state index in [1.165, 1.54) is 42.5 Å². The summed E-state index contributed by atoms with van der Waals surface area (Å²) < 4.78 is 18.7. The Morgan fingerprint density at radius 3 is 3.04 bits per heavy atom. The zero-order valence-corrected chi connectivity index (χ0v) is 16.2. The molecule has 3 aromatic rings. The molecule has 4 rings (SSSR count). The van der Waals surface area contributed by atoms with Crippen molar-refractivity contribution in [3.05, 3.63) is 40.0 Å². The number of unbranched alkanes of at least 4 members (excludes halogenated alkanes) is 1. The molecule has 0 aliphatic carbocycles. The van der Waals surface area contributed by atoms with E-state index < -0.39 is 11.8 Å². The Morgan fingerprint density at radius 1 is 1.41 bits per heavy atom. The molecule has 0 saturated carbocycles. The van der Waals surface area contributed by atoms with Crippen molar-refractivity contribution in [1.82, 2.24) is 15.3 Å². The topological polar surface area (TPSA) is 67.0 Å². The average Bonchev–Trinajstić information content (AvgIpc) is 3.28. The molecule has 0 spiro atoms. The Hall–Kier alpha value is -2.25. The number of benzene rings is 1. The number of H-pyrrole nitrogens is 1. The lowest BCUT2D eigenvalue weighted by Gasteiger charge is -2.23. The molecule has 1 atom stereocenters. The van der Waals surface area contributed by atoms with E-state index in [-0.39, 0.29) is 5.56 Å². The van der Waals surface area contributed by atoms with Crippen LogP contribution in [0.3, 0.4) is 0 Å². The van der Waals surface area contributed by atoms with E-state index in [1.54, 1.807) is 11.3 Å². The molecular formula is C20H22FN3O2S. The smallest absolute Gasteiger partial charge is 0.340 e. The van der Waals surface area contributed by atoms with Crippen LogP contribution >= 0.6 is 11.3 Å². The van der Waals surface area contributed by atoms with Gasteiger partial charge in [-0.15, -0.1) is 11.3 Å². The van der Waals surface area contributed by atoms with Gasteiger partial charge >= 0.3 is 5.97 Å². The van der Waals surface area contributed by atoms with Crippen molar-refractivity contribution in [3.8, 4) is 10.7 Å². The number of rotatable bonds is 5. The average molecular weight is 387 g/mol. The maximum atomic E-state index is 13.9. The Labute approximate surface area is 161 Å². The van der Waals surface area contributed by atoms with Gasteiger partial charge in [-0.05, 0) is 43.1 Å². The van der Waals surface area contributed by atoms with Gasteiger partial charge in [0.1, 0.15) is 17.2 Å². The van der Waals surface area contributed by atoms with E-state index in [1.807, 2.05) is 0 Å². The van der Waals surface area contributed by atoms with Crippen LogP contribution in [0.25, 0.3) is 21.7 Å². The van der Waals surface area contributed by atoms with E-state index in [2.05, 4.69) is 28.3 Å². The molecule has 2 aromatic heterocycles. The molecule has 0 radical (unpaired) electrons. The highest BCUT2D eigenvalue weighted by molar-refractivity contribution is 7.15. The number of carbonyl (C=O) groups excluding carboxylic acids is 1. The normalized spacial score (nSPS) is 16.5. The fourth-order valence-electron chi connectivity index (χ4n) is 3.63. The zero-order valence-electron chi connectivity index (χ0n) is 15.4. The summed E-state index contributed by atoms with van der Waals surface area (Å²) in [6.07, 6.45) is 4.49. The Balaban J connectivity index is 1.75. The van der Waals surface area contributed by atoms with E-state index in [9.17, 15) is 9.18 Å². The molecule has 3 heterocycles. The monoisotopic (exact) mass is 387 g/mol. The maximum absolute atomic E-state index is 13.9. The predicted octanol–water partition coefficient (Wildman–Crippen LogP) is 4.59. The number of ether oxygens (including phenoxy) is 1. The maximum Gasteiger partial charge on any atom is 0.340 e. The second-order valence-corrected chi connectivity index (χ2v) is 7.91. The number of aromatic amines is 1. The number of hydrogen-bond acceptors (Lipinski definition) is 5. The van der Waals surface area contributed by atoms with E-state index in [0.29, 0.717) is 22.9 Å². The van der Waals surface area contributed by atoms with Crippen LogP contribution in [0, 0.1) is 5.82 Å². The van der Waals surface area contributed by atoms with Gasteiger partial charge in [-0.25, -0.2) is 14.2 Å². The molecule has 1 unspecified atom stereocenters. The Kier molecular flexibility index (Phi) is 4.97. The Morgan fingerprint density at radius 2 is 2.26 bits per heavy atom. The van der Waals surface area contributed by atoms with Gasteiger partial charge in [0, 0.05) is 10.9 Å². The quantitative estimate of drug-likeness (QED) is 0.628. The predicted molar refractivity (Wildman–Crippen MR) is 105 cm³/mol. The van der Waals surface area contributed by atoms with Crippen molar-refractivity contribution < 1.29 is 13.9 Å². The molecule has 1 aromatic carbocycles. The van der Waals surface area contributed by atoms with Gasteiger partial charge in [0.25, 0.3) is 0 Å². The lowest BCUT2D eigenvalue weighted by molar-refractivity contribution is 0.0602. The van der Waals surface area contributed by atoms with Crippen LogP contribution in [0.15, 0.2) is 18.2 Å². The molecule has 0 amide bonds.